The van der Waals surface area contributed by atoms with E-state index in [1.807, 2.05) is 31.2 Å². The largest absolute Gasteiger partial charge is 0.411 e. The Kier molecular flexibility index (Phi) is 6.49. The van der Waals surface area contributed by atoms with Gasteiger partial charge in [0.15, 0.2) is 0 Å². The van der Waals surface area contributed by atoms with Crippen molar-refractivity contribution < 1.29 is 14.0 Å². The summed E-state index contributed by atoms with van der Waals surface area (Å²) in [5, 5.41) is 13.1. The second-order valence-corrected chi connectivity index (χ2v) is 8.04. The first-order valence-electron chi connectivity index (χ1n) is 9.20. The Morgan fingerprint density at radius 3 is 2.67 bits per heavy atom. The lowest BCUT2D eigenvalue weighted by Crippen LogP contribution is -2.47. The molecular formula is C19H24N4O3S. The van der Waals surface area contributed by atoms with Crippen LogP contribution < -0.4 is 10.6 Å². The molecule has 0 spiro atoms. The lowest BCUT2D eigenvalue weighted by Gasteiger charge is -2.22. The van der Waals surface area contributed by atoms with Crippen LogP contribution in [0.1, 0.15) is 44.6 Å². The summed E-state index contributed by atoms with van der Waals surface area (Å²) in [5.74, 6) is 0.0298. The minimum absolute atomic E-state index is 0.155. The maximum absolute atomic E-state index is 12.2. The number of aryl methyl sites for hydroxylation is 1. The van der Waals surface area contributed by atoms with Crippen LogP contribution in [-0.4, -0.2) is 33.4 Å². The predicted molar refractivity (Wildman–Crippen MR) is 103 cm³/mol. The van der Waals surface area contributed by atoms with Crippen LogP contribution in [0.25, 0.3) is 11.5 Å². The van der Waals surface area contributed by atoms with Gasteiger partial charge in [-0.25, -0.2) is 4.79 Å². The van der Waals surface area contributed by atoms with Gasteiger partial charge in [-0.15, -0.1) is 10.2 Å². The van der Waals surface area contributed by atoms with Crippen LogP contribution in [0.15, 0.2) is 33.9 Å². The standard InChI is InChI=1S/C19H24N4O3S/c1-12-8-6-7-11-15(12)17-22-23-19(26-17)27-13(2)16(24)21-18(25)20-14-9-4-3-5-10-14/h6-8,11,13-14H,3-5,9-10H2,1-2H3,(H2,20,21,24,25)/t13-/m0/s1. The van der Waals surface area contributed by atoms with Gasteiger partial charge < -0.3 is 9.73 Å². The first kappa shape index (κ1) is 19.4. The van der Waals surface area contributed by atoms with Crippen LogP contribution in [0.3, 0.4) is 0 Å². The molecule has 3 amide bonds. The van der Waals surface area contributed by atoms with Crippen LogP contribution in [0, 0.1) is 6.92 Å². The Balaban J connectivity index is 1.52. The van der Waals surface area contributed by atoms with Crippen LogP contribution in [0.5, 0.6) is 0 Å². The highest BCUT2D eigenvalue weighted by Crippen LogP contribution is 2.27. The zero-order chi connectivity index (χ0) is 19.2. The maximum Gasteiger partial charge on any atom is 0.321 e. The van der Waals surface area contributed by atoms with Gasteiger partial charge in [-0.3, -0.25) is 10.1 Å². The van der Waals surface area contributed by atoms with Crippen molar-refractivity contribution in [1.82, 2.24) is 20.8 Å². The normalized spacial score (nSPS) is 15.9. The van der Waals surface area contributed by atoms with E-state index in [0.717, 1.165) is 48.6 Å². The van der Waals surface area contributed by atoms with Crippen molar-refractivity contribution in [3.63, 3.8) is 0 Å². The smallest absolute Gasteiger partial charge is 0.321 e. The molecule has 1 aromatic carbocycles. The number of carbonyl (C=O) groups excluding carboxylic acids is 2. The van der Waals surface area contributed by atoms with E-state index in [2.05, 4.69) is 20.8 Å². The molecule has 7 nitrogen and oxygen atoms in total. The number of nitrogens with zero attached hydrogens (tertiary/aromatic N) is 2. The molecule has 1 aliphatic carbocycles. The van der Waals surface area contributed by atoms with Crippen LogP contribution in [-0.2, 0) is 4.79 Å². The van der Waals surface area contributed by atoms with Gasteiger partial charge in [0, 0.05) is 11.6 Å². The number of hydrogen-bond acceptors (Lipinski definition) is 6. The van der Waals surface area contributed by atoms with E-state index < -0.39 is 11.3 Å². The van der Waals surface area contributed by atoms with Crippen molar-refractivity contribution in [1.29, 1.82) is 0 Å². The van der Waals surface area contributed by atoms with Crippen molar-refractivity contribution in [2.75, 3.05) is 0 Å². The number of thioether (sulfide) groups is 1. The average molecular weight is 388 g/mol. The molecule has 0 radical (unpaired) electrons. The number of carbonyl (C=O) groups is 2. The summed E-state index contributed by atoms with van der Waals surface area (Å²) in [7, 11) is 0. The van der Waals surface area contributed by atoms with Crippen LogP contribution in [0.2, 0.25) is 0 Å². The molecule has 1 atom stereocenters. The van der Waals surface area contributed by atoms with Gasteiger partial charge in [0.1, 0.15) is 0 Å². The highest BCUT2D eigenvalue weighted by molar-refractivity contribution is 8.00. The number of benzene rings is 1. The quantitative estimate of drug-likeness (QED) is 0.758. The van der Waals surface area contributed by atoms with Gasteiger partial charge in [-0.2, -0.15) is 0 Å². The second-order valence-electron chi connectivity index (χ2n) is 6.75. The molecule has 144 valence electrons. The Labute approximate surface area is 162 Å². The molecule has 0 bridgehead atoms. The van der Waals surface area contributed by atoms with E-state index in [1.165, 1.54) is 6.42 Å². The zero-order valence-electron chi connectivity index (χ0n) is 15.5. The van der Waals surface area contributed by atoms with Gasteiger partial charge in [-0.05, 0) is 38.3 Å². The SMILES string of the molecule is Cc1ccccc1-c1nnc(S[C@@H](C)C(=O)NC(=O)NC2CCCCC2)o1. The molecule has 0 saturated heterocycles. The van der Waals surface area contributed by atoms with E-state index in [4.69, 9.17) is 4.42 Å². The molecule has 1 saturated carbocycles. The van der Waals surface area contributed by atoms with Gasteiger partial charge in [0.2, 0.25) is 11.8 Å². The van der Waals surface area contributed by atoms with Crippen LogP contribution >= 0.6 is 11.8 Å². The summed E-state index contributed by atoms with van der Waals surface area (Å²) in [5.41, 5.74) is 1.89. The molecule has 8 heteroatoms. The molecule has 0 aliphatic heterocycles. The Morgan fingerprint density at radius 2 is 1.93 bits per heavy atom. The highest BCUT2D eigenvalue weighted by Gasteiger charge is 2.22. The first-order valence-corrected chi connectivity index (χ1v) is 10.1. The van der Waals surface area contributed by atoms with E-state index in [1.54, 1.807) is 6.92 Å². The van der Waals surface area contributed by atoms with E-state index in [9.17, 15) is 9.59 Å². The van der Waals surface area contributed by atoms with Gasteiger partial charge >= 0.3 is 6.03 Å². The highest BCUT2D eigenvalue weighted by atomic mass is 32.2. The van der Waals surface area contributed by atoms with E-state index in [-0.39, 0.29) is 11.9 Å². The molecular weight excluding hydrogens is 364 g/mol. The van der Waals surface area contributed by atoms with E-state index >= 15 is 0 Å². The third kappa shape index (κ3) is 5.32. The number of amides is 3. The van der Waals surface area contributed by atoms with Gasteiger partial charge in [0.05, 0.1) is 5.25 Å². The summed E-state index contributed by atoms with van der Waals surface area (Å²) in [4.78, 5) is 24.2. The molecule has 3 rings (SSSR count). The summed E-state index contributed by atoms with van der Waals surface area (Å²) in [6, 6.07) is 7.43. The average Bonchev–Trinajstić information content (AvgIpc) is 3.11. The third-order valence-electron chi connectivity index (χ3n) is 4.61. The minimum Gasteiger partial charge on any atom is -0.411 e. The number of aromatic nitrogens is 2. The molecule has 1 heterocycles. The van der Waals surface area contributed by atoms with Gasteiger partial charge in [-0.1, -0.05) is 49.2 Å². The number of imide groups is 1. The summed E-state index contributed by atoms with van der Waals surface area (Å²) < 4.78 is 5.66. The maximum atomic E-state index is 12.2. The topological polar surface area (TPSA) is 97.1 Å². The van der Waals surface area contributed by atoms with Crippen molar-refractivity contribution in [3.8, 4) is 11.5 Å². The fraction of sp³-hybridized carbons (Fsp3) is 0.474. The fourth-order valence-corrected chi connectivity index (χ4v) is 3.75. The second kappa shape index (κ2) is 9.03. The molecule has 27 heavy (non-hydrogen) atoms. The first-order chi connectivity index (χ1) is 13.0. The Morgan fingerprint density at radius 1 is 1.19 bits per heavy atom. The predicted octanol–water partition coefficient (Wildman–Crippen LogP) is 3.68. The van der Waals surface area contributed by atoms with Crippen molar-refractivity contribution >= 4 is 23.7 Å². The van der Waals surface area contributed by atoms with Gasteiger partial charge in [0.25, 0.3) is 5.22 Å². The number of urea groups is 1. The van der Waals surface area contributed by atoms with Crippen molar-refractivity contribution in [2.45, 2.75) is 62.5 Å². The number of hydrogen-bond donors (Lipinski definition) is 2. The minimum atomic E-state index is -0.535. The molecule has 1 fully saturated rings. The molecule has 0 unspecified atom stereocenters. The van der Waals surface area contributed by atoms with Crippen molar-refractivity contribution in [2.24, 2.45) is 0 Å². The lowest BCUT2D eigenvalue weighted by molar-refractivity contribution is -0.119. The number of nitrogens with one attached hydrogen (secondary N) is 2. The number of rotatable bonds is 5. The van der Waals surface area contributed by atoms with Crippen molar-refractivity contribution in [3.05, 3.63) is 29.8 Å². The zero-order valence-corrected chi connectivity index (χ0v) is 16.3. The molecule has 1 aromatic heterocycles. The van der Waals surface area contributed by atoms with Crippen LogP contribution in [0.4, 0.5) is 4.79 Å². The monoisotopic (exact) mass is 388 g/mol. The Bertz CT molecular complexity index is 802. The molecule has 2 aromatic rings. The molecule has 1 aliphatic rings. The lowest BCUT2D eigenvalue weighted by atomic mass is 9.96. The third-order valence-corrected chi connectivity index (χ3v) is 5.54. The fourth-order valence-electron chi connectivity index (χ4n) is 3.07. The summed E-state index contributed by atoms with van der Waals surface area (Å²) in [6.45, 7) is 3.67. The van der Waals surface area contributed by atoms with E-state index in [0.29, 0.717) is 11.1 Å². The summed E-state index contributed by atoms with van der Waals surface area (Å²) >= 11 is 1.13. The Hall–Kier alpha value is -2.35. The summed E-state index contributed by atoms with van der Waals surface area (Å²) in [6.07, 6.45) is 5.38. The molecule has 2 N–H and O–H groups in total.